The van der Waals surface area contributed by atoms with Gasteiger partial charge in [0, 0.05) is 0 Å². The first-order chi connectivity index (χ1) is 11.8. The predicted molar refractivity (Wildman–Crippen MR) is 98.4 cm³/mol. The van der Waals surface area contributed by atoms with Crippen molar-refractivity contribution in [1.29, 1.82) is 0 Å². The molecule has 6 nitrogen and oxygen atoms in total. The summed E-state index contributed by atoms with van der Waals surface area (Å²) in [5.74, 6) is 0.405. The number of anilines is 1. The maximum absolute atomic E-state index is 12.6. The van der Waals surface area contributed by atoms with E-state index in [1.165, 1.54) is 0 Å². The van der Waals surface area contributed by atoms with E-state index in [1.807, 2.05) is 31.2 Å². The Balaban J connectivity index is 2.22. The molecule has 1 atom stereocenters. The highest BCUT2D eigenvalue weighted by molar-refractivity contribution is 7.92. The fraction of sp³-hybridized carbons (Fsp3) is 0.278. The second-order valence-electron chi connectivity index (χ2n) is 5.63. The SMILES string of the molecule is CC[C@H](NC(=O)c1ccccc1NS(C)(=O)=O)c1ccc(OC)cc1. The van der Waals surface area contributed by atoms with Gasteiger partial charge in [0.1, 0.15) is 5.75 Å². The zero-order chi connectivity index (χ0) is 18.4. The minimum atomic E-state index is -3.47. The molecule has 0 aliphatic rings. The molecule has 0 heterocycles. The predicted octanol–water partition coefficient (Wildman–Crippen LogP) is 2.95. The first-order valence-corrected chi connectivity index (χ1v) is 9.75. The van der Waals surface area contributed by atoms with Gasteiger partial charge in [0.15, 0.2) is 0 Å². The number of benzene rings is 2. The Labute approximate surface area is 148 Å². The monoisotopic (exact) mass is 362 g/mol. The van der Waals surface area contributed by atoms with Gasteiger partial charge in [-0.2, -0.15) is 0 Å². The highest BCUT2D eigenvalue weighted by Gasteiger charge is 2.18. The van der Waals surface area contributed by atoms with E-state index in [4.69, 9.17) is 4.74 Å². The van der Waals surface area contributed by atoms with Gasteiger partial charge in [0.2, 0.25) is 10.0 Å². The Bertz CT molecular complexity index is 832. The van der Waals surface area contributed by atoms with Crippen molar-refractivity contribution in [3.63, 3.8) is 0 Å². The number of rotatable bonds is 7. The van der Waals surface area contributed by atoms with Crippen LogP contribution in [0.4, 0.5) is 5.69 Å². The Kier molecular flexibility index (Phi) is 6.03. The molecule has 25 heavy (non-hydrogen) atoms. The van der Waals surface area contributed by atoms with Crippen LogP contribution in [0.3, 0.4) is 0 Å². The average molecular weight is 362 g/mol. The fourth-order valence-corrected chi connectivity index (χ4v) is 3.04. The van der Waals surface area contributed by atoms with E-state index < -0.39 is 10.0 Å². The minimum absolute atomic E-state index is 0.190. The van der Waals surface area contributed by atoms with Crippen LogP contribution in [-0.4, -0.2) is 27.7 Å². The summed E-state index contributed by atoms with van der Waals surface area (Å²) in [6, 6.07) is 13.8. The summed E-state index contributed by atoms with van der Waals surface area (Å²) in [6.07, 6.45) is 1.74. The number of carbonyl (C=O) groups is 1. The summed E-state index contributed by atoms with van der Waals surface area (Å²) in [6.45, 7) is 1.97. The van der Waals surface area contributed by atoms with Gasteiger partial charge in [-0.1, -0.05) is 31.2 Å². The van der Waals surface area contributed by atoms with Crippen molar-refractivity contribution in [2.24, 2.45) is 0 Å². The Morgan fingerprint density at radius 1 is 1.12 bits per heavy atom. The lowest BCUT2D eigenvalue weighted by Crippen LogP contribution is -2.29. The topological polar surface area (TPSA) is 84.5 Å². The molecule has 0 unspecified atom stereocenters. The molecule has 1 amide bonds. The zero-order valence-electron chi connectivity index (χ0n) is 14.4. The number of methoxy groups -OCH3 is 1. The molecule has 134 valence electrons. The molecule has 2 rings (SSSR count). The van der Waals surface area contributed by atoms with E-state index in [0.29, 0.717) is 6.42 Å². The maximum Gasteiger partial charge on any atom is 0.253 e. The number of para-hydroxylation sites is 1. The van der Waals surface area contributed by atoms with Crippen LogP contribution in [0.1, 0.15) is 35.3 Å². The van der Waals surface area contributed by atoms with Gasteiger partial charge in [-0.25, -0.2) is 8.42 Å². The largest absolute Gasteiger partial charge is 0.497 e. The molecule has 0 radical (unpaired) electrons. The molecule has 0 bridgehead atoms. The highest BCUT2D eigenvalue weighted by Crippen LogP contribution is 2.22. The molecule has 2 aromatic rings. The van der Waals surface area contributed by atoms with E-state index >= 15 is 0 Å². The number of ether oxygens (including phenoxy) is 1. The van der Waals surface area contributed by atoms with Crippen LogP contribution in [0.2, 0.25) is 0 Å². The van der Waals surface area contributed by atoms with Gasteiger partial charge in [-0.3, -0.25) is 9.52 Å². The van der Waals surface area contributed by atoms with E-state index in [-0.39, 0.29) is 23.2 Å². The minimum Gasteiger partial charge on any atom is -0.497 e. The van der Waals surface area contributed by atoms with E-state index in [1.54, 1.807) is 31.4 Å². The van der Waals surface area contributed by atoms with Crippen molar-refractivity contribution in [2.75, 3.05) is 18.1 Å². The van der Waals surface area contributed by atoms with Gasteiger partial charge in [-0.15, -0.1) is 0 Å². The van der Waals surface area contributed by atoms with Crippen molar-refractivity contribution in [3.05, 3.63) is 59.7 Å². The zero-order valence-corrected chi connectivity index (χ0v) is 15.3. The first-order valence-electron chi connectivity index (χ1n) is 7.85. The van der Waals surface area contributed by atoms with Gasteiger partial charge < -0.3 is 10.1 Å². The van der Waals surface area contributed by atoms with Gasteiger partial charge in [0.05, 0.1) is 30.7 Å². The normalized spacial score (nSPS) is 12.3. The average Bonchev–Trinajstić information content (AvgIpc) is 2.58. The number of hydrogen-bond donors (Lipinski definition) is 2. The van der Waals surface area contributed by atoms with Crippen LogP contribution in [0, 0.1) is 0 Å². The highest BCUT2D eigenvalue weighted by atomic mass is 32.2. The number of nitrogens with one attached hydrogen (secondary N) is 2. The summed E-state index contributed by atoms with van der Waals surface area (Å²) in [7, 11) is -1.87. The molecule has 0 aromatic heterocycles. The van der Waals surface area contributed by atoms with Crippen molar-refractivity contribution < 1.29 is 17.9 Å². The van der Waals surface area contributed by atoms with E-state index in [9.17, 15) is 13.2 Å². The fourth-order valence-electron chi connectivity index (χ4n) is 2.46. The summed E-state index contributed by atoms with van der Waals surface area (Å²) >= 11 is 0. The van der Waals surface area contributed by atoms with Crippen molar-refractivity contribution >= 4 is 21.6 Å². The number of hydrogen-bond acceptors (Lipinski definition) is 4. The second kappa shape index (κ2) is 8.02. The molecule has 0 aliphatic carbocycles. The second-order valence-corrected chi connectivity index (χ2v) is 7.38. The number of carbonyl (C=O) groups excluding carboxylic acids is 1. The summed E-state index contributed by atoms with van der Waals surface area (Å²) in [5, 5.41) is 2.95. The Morgan fingerprint density at radius 2 is 1.76 bits per heavy atom. The smallest absolute Gasteiger partial charge is 0.253 e. The van der Waals surface area contributed by atoms with Gasteiger partial charge >= 0.3 is 0 Å². The van der Waals surface area contributed by atoms with Crippen molar-refractivity contribution in [2.45, 2.75) is 19.4 Å². The van der Waals surface area contributed by atoms with E-state index in [0.717, 1.165) is 17.6 Å². The third-order valence-electron chi connectivity index (χ3n) is 3.70. The lowest BCUT2D eigenvalue weighted by molar-refractivity contribution is 0.0936. The van der Waals surface area contributed by atoms with Crippen molar-refractivity contribution in [1.82, 2.24) is 5.32 Å². The molecule has 0 fully saturated rings. The van der Waals surface area contributed by atoms with Crippen LogP contribution in [0.5, 0.6) is 5.75 Å². The third kappa shape index (κ3) is 5.22. The third-order valence-corrected chi connectivity index (χ3v) is 4.29. The molecule has 0 spiro atoms. The Hall–Kier alpha value is -2.54. The molecule has 0 saturated carbocycles. The van der Waals surface area contributed by atoms with E-state index in [2.05, 4.69) is 10.0 Å². The molecule has 0 aliphatic heterocycles. The number of sulfonamides is 1. The standard InChI is InChI=1S/C18H22N2O4S/c1-4-16(13-9-11-14(24-2)12-10-13)19-18(21)15-7-5-6-8-17(15)20-25(3,22)23/h5-12,16,20H,4H2,1-3H3,(H,19,21)/t16-/m0/s1. The summed E-state index contributed by atoms with van der Waals surface area (Å²) < 4.78 is 30.5. The molecule has 2 aromatic carbocycles. The van der Waals surface area contributed by atoms with Crippen LogP contribution >= 0.6 is 0 Å². The Morgan fingerprint density at radius 3 is 2.32 bits per heavy atom. The first kappa shape index (κ1) is 18.8. The number of amides is 1. The molecular weight excluding hydrogens is 340 g/mol. The van der Waals surface area contributed by atoms with Crippen LogP contribution in [0.15, 0.2) is 48.5 Å². The van der Waals surface area contributed by atoms with Crippen LogP contribution in [0.25, 0.3) is 0 Å². The quantitative estimate of drug-likeness (QED) is 0.793. The van der Waals surface area contributed by atoms with Crippen LogP contribution in [-0.2, 0) is 10.0 Å². The molecule has 7 heteroatoms. The van der Waals surface area contributed by atoms with Gasteiger partial charge in [0.25, 0.3) is 5.91 Å². The van der Waals surface area contributed by atoms with Crippen LogP contribution < -0.4 is 14.8 Å². The lowest BCUT2D eigenvalue weighted by Gasteiger charge is -2.19. The van der Waals surface area contributed by atoms with Crippen molar-refractivity contribution in [3.8, 4) is 5.75 Å². The molecule has 2 N–H and O–H groups in total. The van der Waals surface area contributed by atoms with Gasteiger partial charge in [-0.05, 0) is 36.2 Å². The maximum atomic E-state index is 12.6. The summed E-state index contributed by atoms with van der Waals surface area (Å²) in [5.41, 5.74) is 1.48. The lowest BCUT2D eigenvalue weighted by atomic mass is 10.0. The summed E-state index contributed by atoms with van der Waals surface area (Å²) in [4.78, 5) is 12.6. The molecular formula is C18H22N2O4S. The molecule has 0 saturated heterocycles.